The number of anilines is 1. The topological polar surface area (TPSA) is 67.6 Å². The Balaban J connectivity index is 2.18. The van der Waals surface area contributed by atoms with Crippen LogP contribution < -0.4 is 5.73 Å². The van der Waals surface area contributed by atoms with E-state index in [1.165, 1.54) is 23.5 Å². The normalized spacial score (nSPS) is 11.1. The molecule has 0 aliphatic rings. The third-order valence-electron chi connectivity index (χ3n) is 2.22. The van der Waals surface area contributed by atoms with Crippen molar-refractivity contribution in [2.45, 2.75) is 0 Å². The number of thiophene rings is 1. The molecule has 0 saturated heterocycles. The standard InChI is InChI=1S/C10H7FN4S/c11-6-2-1-5-3-8(16-7(5)4-6)9-13-10(12)15-14-9/h1-4H,(H3,12,13,14,15). The average molecular weight is 234 g/mol. The second-order valence-corrected chi connectivity index (χ2v) is 4.42. The minimum Gasteiger partial charge on any atom is -0.366 e. The molecule has 3 rings (SSSR count). The fourth-order valence-electron chi connectivity index (χ4n) is 1.51. The monoisotopic (exact) mass is 234 g/mol. The van der Waals surface area contributed by atoms with E-state index < -0.39 is 0 Å². The molecule has 0 amide bonds. The third-order valence-corrected chi connectivity index (χ3v) is 3.32. The number of nitrogens with two attached hydrogens (primary N) is 1. The SMILES string of the molecule is Nc1n[nH]c(-c2cc3ccc(F)cc3s2)n1. The minimum atomic E-state index is -0.238. The number of aromatic amines is 1. The lowest BCUT2D eigenvalue weighted by Crippen LogP contribution is -1.84. The van der Waals surface area contributed by atoms with Gasteiger partial charge in [-0.25, -0.2) is 4.39 Å². The molecule has 1 aromatic carbocycles. The van der Waals surface area contributed by atoms with Gasteiger partial charge in [-0.2, -0.15) is 4.98 Å². The molecule has 0 spiro atoms. The van der Waals surface area contributed by atoms with Gasteiger partial charge in [-0.1, -0.05) is 6.07 Å². The highest BCUT2D eigenvalue weighted by Gasteiger charge is 2.08. The van der Waals surface area contributed by atoms with Crippen molar-refractivity contribution in [3.05, 3.63) is 30.1 Å². The fourth-order valence-corrected chi connectivity index (χ4v) is 2.53. The second kappa shape index (κ2) is 3.28. The van der Waals surface area contributed by atoms with Crippen LogP contribution in [-0.2, 0) is 0 Å². The minimum absolute atomic E-state index is 0.207. The summed E-state index contributed by atoms with van der Waals surface area (Å²) in [6.07, 6.45) is 0. The lowest BCUT2D eigenvalue weighted by atomic mass is 10.2. The number of hydrogen-bond donors (Lipinski definition) is 2. The summed E-state index contributed by atoms with van der Waals surface area (Å²) in [5, 5.41) is 7.47. The molecular weight excluding hydrogens is 227 g/mol. The largest absolute Gasteiger partial charge is 0.366 e. The summed E-state index contributed by atoms with van der Waals surface area (Å²) in [4.78, 5) is 4.92. The predicted molar refractivity (Wildman–Crippen MR) is 61.6 cm³/mol. The highest BCUT2D eigenvalue weighted by Crippen LogP contribution is 2.32. The Labute approximate surface area is 93.9 Å². The van der Waals surface area contributed by atoms with Crippen LogP contribution >= 0.6 is 11.3 Å². The molecule has 0 radical (unpaired) electrons. The lowest BCUT2D eigenvalue weighted by Gasteiger charge is -1.86. The summed E-state index contributed by atoms with van der Waals surface area (Å²) >= 11 is 1.45. The summed E-state index contributed by atoms with van der Waals surface area (Å²) in [6, 6.07) is 6.61. The number of nitrogens with one attached hydrogen (secondary N) is 1. The number of benzene rings is 1. The molecule has 3 aromatic rings. The molecule has 16 heavy (non-hydrogen) atoms. The Kier molecular flexibility index (Phi) is 1.90. The first-order chi connectivity index (χ1) is 7.72. The van der Waals surface area contributed by atoms with E-state index in [9.17, 15) is 4.39 Å². The number of hydrogen-bond acceptors (Lipinski definition) is 4. The molecule has 80 valence electrons. The van der Waals surface area contributed by atoms with Crippen LogP contribution in [-0.4, -0.2) is 15.2 Å². The average Bonchev–Trinajstić information content (AvgIpc) is 2.83. The van der Waals surface area contributed by atoms with Gasteiger partial charge < -0.3 is 5.73 Å². The van der Waals surface area contributed by atoms with Gasteiger partial charge in [0.15, 0.2) is 5.82 Å². The Morgan fingerprint density at radius 1 is 1.31 bits per heavy atom. The molecule has 0 unspecified atom stereocenters. The zero-order chi connectivity index (χ0) is 11.1. The van der Waals surface area contributed by atoms with Gasteiger partial charge in [-0.3, -0.25) is 5.10 Å². The first-order valence-corrected chi connectivity index (χ1v) is 5.41. The molecule has 0 saturated carbocycles. The number of aromatic nitrogens is 3. The van der Waals surface area contributed by atoms with Crippen molar-refractivity contribution < 1.29 is 4.39 Å². The maximum absolute atomic E-state index is 13.0. The third kappa shape index (κ3) is 1.43. The van der Waals surface area contributed by atoms with Crippen molar-refractivity contribution >= 4 is 27.4 Å². The summed E-state index contributed by atoms with van der Waals surface area (Å²) in [5.41, 5.74) is 5.43. The van der Waals surface area contributed by atoms with Crippen LogP contribution in [0.1, 0.15) is 0 Å². The van der Waals surface area contributed by atoms with Gasteiger partial charge >= 0.3 is 0 Å². The smallest absolute Gasteiger partial charge is 0.239 e. The number of nitrogens with zero attached hydrogens (tertiary/aromatic N) is 2. The van der Waals surface area contributed by atoms with Crippen molar-refractivity contribution in [2.24, 2.45) is 0 Å². The molecule has 6 heteroatoms. The van der Waals surface area contributed by atoms with Crippen LogP contribution in [0.3, 0.4) is 0 Å². The van der Waals surface area contributed by atoms with E-state index in [0.717, 1.165) is 15.0 Å². The van der Waals surface area contributed by atoms with Crippen molar-refractivity contribution in [3.8, 4) is 10.7 Å². The molecule has 2 heterocycles. The summed E-state index contributed by atoms with van der Waals surface area (Å²) in [5.74, 6) is 0.579. The molecule has 0 bridgehead atoms. The van der Waals surface area contributed by atoms with Gasteiger partial charge in [-0.05, 0) is 23.6 Å². The van der Waals surface area contributed by atoms with Gasteiger partial charge in [-0.15, -0.1) is 16.4 Å². The zero-order valence-electron chi connectivity index (χ0n) is 8.07. The van der Waals surface area contributed by atoms with E-state index >= 15 is 0 Å². The van der Waals surface area contributed by atoms with Crippen LogP contribution in [0.15, 0.2) is 24.3 Å². The highest BCUT2D eigenvalue weighted by molar-refractivity contribution is 7.22. The molecule has 0 aliphatic heterocycles. The first kappa shape index (κ1) is 9.29. The number of rotatable bonds is 1. The van der Waals surface area contributed by atoms with Crippen molar-refractivity contribution in [2.75, 3.05) is 5.73 Å². The van der Waals surface area contributed by atoms with E-state index in [1.807, 2.05) is 6.07 Å². The van der Waals surface area contributed by atoms with E-state index in [0.29, 0.717) is 5.82 Å². The Morgan fingerprint density at radius 3 is 2.94 bits per heavy atom. The van der Waals surface area contributed by atoms with Crippen LogP contribution in [0, 0.1) is 5.82 Å². The van der Waals surface area contributed by atoms with E-state index in [-0.39, 0.29) is 11.8 Å². The van der Waals surface area contributed by atoms with Crippen molar-refractivity contribution in [1.29, 1.82) is 0 Å². The lowest BCUT2D eigenvalue weighted by molar-refractivity contribution is 0.630. The summed E-state index contributed by atoms with van der Waals surface area (Å²) in [6.45, 7) is 0. The van der Waals surface area contributed by atoms with Crippen LogP contribution in [0.25, 0.3) is 20.8 Å². The molecule has 3 N–H and O–H groups in total. The number of halogens is 1. The van der Waals surface area contributed by atoms with Gasteiger partial charge in [0.05, 0.1) is 4.88 Å². The van der Waals surface area contributed by atoms with E-state index in [1.54, 1.807) is 6.07 Å². The summed E-state index contributed by atoms with van der Waals surface area (Å²) < 4.78 is 13.9. The maximum Gasteiger partial charge on any atom is 0.239 e. The maximum atomic E-state index is 13.0. The van der Waals surface area contributed by atoms with Crippen molar-refractivity contribution in [1.82, 2.24) is 15.2 Å². The molecule has 0 aliphatic carbocycles. The van der Waals surface area contributed by atoms with Crippen LogP contribution in [0.2, 0.25) is 0 Å². The number of H-pyrrole nitrogens is 1. The molecule has 2 aromatic heterocycles. The Hall–Kier alpha value is -1.95. The fraction of sp³-hybridized carbons (Fsp3) is 0. The molecular formula is C10H7FN4S. The molecule has 4 nitrogen and oxygen atoms in total. The van der Waals surface area contributed by atoms with Gasteiger partial charge in [0.2, 0.25) is 5.95 Å². The quantitative estimate of drug-likeness (QED) is 0.679. The highest BCUT2D eigenvalue weighted by atomic mass is 32.1. The predicted octanol–water partition coefficient (Wildman–Crippen LogP) is 2.41. The van der Waals surface area contributed by atoms with Gasteiger partial charge in [0.1, 0.15) is 5.82 Å². The second-order valence-electron chi connectivity index (χ2n) is 3.34. The zero-order valence-corrected chi connectivity index (χ0v) is 8.88. The van der Waals surface area contributed by atoms with E-state index in [2.05, 4.69) is 15.2 Å². The first-order valence-electron chi connectivity index (χ1n) is 4.60. The molecule has 0 fully saturated rings. The van der Waals surface area contributed by atoms with Gasteiger partial charge in [0, 0.05) is 4.70 Å². The Bertz CT molecular complexity index is 658. The van der Waals surface area contributed by atoms with Crippen molar-refractivity contribution in [3.63, 3.8) is 0 Å². The van der Waals surface area contributed by atoms with Gasteiger partial charge in [0.25, 0.3) is 0 Å². The van der Waals surface area contributed by atoms with Crippen LogP contribution in [0.4, 0.5) is 10.3 Å². The number of nitrogen functional groups attached to an aromatic ring is 1. The summed E-state index contributed by atoms with van der Waals surface area (Å²) in [7, 11) is 0. The molecule has 0 atom stereocenters. The van der Waals surface area contributed by atoms with E-state index in [4.69, 9.17) is 5.73 Å². The van der Waals surface area contributed by atoms with Crippen LogP contribution in [0.5, 0.6) is 0 Å². The Morgan fingerprint density at radius 2 is 2.19 bits per heavy atom. The number of fused-ring (bicyclic) bond motifs is 1.